The summed E-state index contributed by atoms with van der Waals surface area (Å²) in [6.07, 6.45) is 6.65. The number of aromatic nitrogens is 6. The molecule has 0 spiro atoms. The van der Waals surface area contributed by atoms with Gasteiger partial charge < -0.3 is 74.3 Å². The number of phenols is 2. The van der Waals surface area contributed by atoms with Crippen molar-refractivity contribution < 1.29 is 39.5 Å². The fourth-order valence-electron chi connectivity index (χ4n) is 13.5. The highest BCUT2D eigenvalue weighted by Crippen LogP contribution is 2.36. The van der Waals surface area contributed by atoms with Gasteiger partial charge in [0.05, 0.1) is 59.4 Å². The molecule has 0 saturated heterocycles. The molecule has 670 valence electrons. The van der Waals surface area contributed by atoms with E-state index in [9.17, 15) is 29.7 Å². The van der Waals surface area contributed by atoms with E-state index in [0.29, 0.717) is 136 Å². The van der Waals surface area contributed by atoms with Gasteiger partial charge in [0.25, 0.3) is 17.7 Å². The van der Waals surface area contributed by atoms with Crippen LogP contribution >= 0.6 is 59.7 Å². The number of nitrogens with zero attached hydrogens (tertiary/aromatic N) is 8. The topological polar surface area (TPSA) is 354 Å². The van der Waals surface area contributed by atoms with E-state index in [-0.39, 0.29) is 64.3 Å². The minimum Gasteiger partial charge on any atom is -0.508 e. The number of ether oxygens (including phenoxy) is 1. The maximum Gasteiger partial charge on any atom is 0.369 e. The van der Waals surface area contributed by atoms with Crippen molar-refractivity contribution in [3.05, 3.63) is 368 Å². The number of aliphatic hydroxyl groups is 2. The Labute approximate surface area is 785 Å². The maximum absolute atomic E-state index is 13.3. The summed E-state index contributed by atoms with van der Waals surface area (Å²) < 4.78 is 10.9. The summed E-state index contributed by atoms with van der Waals surface area (Å²) in [4.78, 5) is 46.8. The minimum atomic E-state index is -0.880. The average Bonchev–Trinajstić information content (AvgIpc) is 1.74. The third kappa shape index (κ3) is 31.8. The van der Waals surface area contributed by atoms with Crippen LogP contribution in [0.2, 0.25) is 0 Å². The Kier molecular flexibility index (Phi) is 40.1. The fraction of sp³-hybridized carbons (Fsp3) is 0.253. The number of halogens is 4. The Morgan fingerprint density at radius 1 is 0.465 bits per heavy atom. The van der Waals surface area contributed by atoms with Gasteiger partial charge in [0.15, 0.2) is 11.4 Å². The Morgan fingerprint density at radius 3 is 1.20 bits per heavy atom. The van der Waals surface area contributed by atoms with Crippen molar-refractivity contribution in [2.45, 2.75) is 98.1 Å². The van der Waals surface area contributed by atoms with E-state index in [0.717, 1.165) is 70.9 Å². The molecule has 3 amide bonds. The van der Waals surface area contributed by atoms with E-state index in [1.165, 1.54) is 43.2 Å². The van der Waals surface area contributed by atoms with Crippen LogP contribution in [0.5, 0.6) is 17.2 Å². The Bertz CT molecular complexity index is 5820. The number of aliphatic hydroxyl groups excluding tert-OH is 2. The van der Waals surface area contributed by atoms with Gasteiger partial charge in [0.2, 0.25) is 0 Å². The molecule has 3 saturated carbocycles. The zero-order chi connectivity index (χ0) is 90.1. The number of benzene rings is 10. The number of amides is 3. The Morgan fingerprint density at radius 2 is 0.829 bits per heavy atom. The number of nitrogens with one attached hydrogen (secondary N) is 6. The molecule has 129 heavy (non-hydrogen) atoms. The van der Waals surface area contributed by atoms with Gasteiger partial charge >= 0.3 is 3.18 Å². The molecule has 0 aliphatic heterocycles. The second-order valence-corrected chi connectivity index (χ2v) is 37.3. The quantitative estimate of drug-likeness (QED) is 0.0113. The summed E-state index contributed by atoms with van der Waals surface area (Å²) >= 11 is 9.31. The predicted octanol–water partition coefficient (Wildman–Crippen LogP) is 19.2. The van der Waals surface area contributed by atoms with E-state index in [2.05, 4.69) is 110 Å². The molecule has 3 aliphatic rings. The van der Waals surface area contributed by atoms with Crippen LogP contribution in [-0.4, -0.2) is 117 Å². The fourth-order valence-corrected chi connectivity index (χ4v) is 13.5. The smallest absolute Gasteiger partial charge is 0.369 e. The van der Waals surface area contributed by atoms with Gasteiger partial charge in [-0.1, -0.05) is 147 Å². The van der Waals surface area contributed by atoms with Crippen LogP contribution in [0.4, 0.5) is 28.4 Å². The molecule has 3 aromatic heterocycles. The molecular weight excluding hydrogens is 1840 g/mol. The third-order valence-electron chi connectivity index (χ3n) is 20.5. The van der Waals surface area contributed by atoms with Crippen LogP contribution in [0, 0.1) is 51.7 Å². The van der Waals surface area contributed by atoms with Crippen molar-refractivity contribution >= 4 is 109 Å². The standard InChI is InChI=1S/C32H26N4O3.C29H27N5O2.C29H31N5O2.C4H13N3.C4H8O.CH4.BBr3.ClH/c1-22-18-30(36(35-22)28-13-7-11-26(20-28)33-2)32(38)34-27-12-6-10-25(19-27)31(37)24-14-16-29(17-15-24)39-21-23-8-4-3-5-9-23;1-19-15-27(34(33-19)25-8-4-6-23(17-25)30-2)29(36)32-24-7-3-5-22(16-24)28(31-18-20-9-10-20)21-11-13-26(35)14-12-21;1-19-14-27(34(33-19)25-7-2-4-21(15-25)17-30)29(36)32-24-6-3-5-23(16-24)28(31-18-20-8-9-20)22-10-12-26(35)13-11-22;5-1-3-7-4-2-6;5-3-4-1-2-4;;2-1(3)4;/h3-20,31,37H,21H2,1H3,(H,34,38);3-8,11-17,20,28,31,35H,9-10,18H2,1H3,(H,32,36);2-7,10-16,20,28,31,35H,8-9,17-18,30H2,1H3,(H,32,36);7H,1-6H2;4-5H,1-3H2;1H4;;1H. The zero-order valence-corrected chi connectivity index (χ0v) is 76.9. The minimum absolute atomic E-state index is 0. The molecule has 16 rings (SSSR count). The normalized spacial score (nSPS) is 12.8. The van der Waals surface area contributed by atoms with Gasteiger partial charge in [-0.05, 0) is 262 Å². The molecule has 3 aliphatic carbocycles. The van der Waals surface area contributed by atoms with Crippen LogP contribution in [0.15, 0.2) is 267 Å². The van der Waals surface area contributed by atoms with Crippen molar-refractivity contribution in [3.63, 3.8) is 0 Å². The van der Waals surface area contributed by atoms with Gasteiger partial charge in [0.1, 0.15) is 47.0 Å². The van der Waals surface area contributed by atoms with Crippen LogP contribution in [0.3, 0.4) is 0 Å². The van der Waals surface area contributed by atoms with Crippen molar-refractivity contribution in [1.82, 2.24) is 45.3 Å². The van der Waals surface area contributed by atoms with Gasteiger partial charge in [-0.15, -0.1) is 59.7 Å². The number of phenolic OH excluding ortho intramolecular Hbond substituents is 2. The number of carbonyl (C=O) groups is 3. The molecule has 13 aromatic rings. The van der Waals surface area contributed by atoms with Crippen LogP contribution in [-0.2, 0) is 13.2 Å². The van der Waals surface area contributed by atoms with E-state index in [1.54, 1.807) is 119 Å². The first-order valence-corrected chi connectivity index (χ1v) is 44.7. The Balaban J connectivity index is 0.000000199. The molecule has 0 bridgehead atoms. The van der Waals surface area contributed by atoms with E-state index in [1.807, 2.05) is 172 Å². The van der Waals surface area contributed by atoms with Gasteiger partial charge in [-0.2, -0.15) is 15.3 Å². The lowest BCUT2D eigenvalue weighted by Crippen LogP contribution is -2.27. The summed E-state index contributed by atoms with van der Waals surface area (Å²) in [7, 11) is 0. The number of carbonyl (C=O) groups excluding carboxylic acids is 3. The number of aromatic hydroxyl groups is 2. The molecule has 3 fully saturated rings. The zero-order valence-electron chi connectivity index (χ0n) is 71.3. The average molecular weight is 1950 g/mol. The third-order valence-corrected chi connectivity index (χ3v) is 20.5. The predicted molar refractivity (Wildman–Crippen MR) is 528 cm³/mol. The lowest BCUT2D eigenvalue weighted by atomic mass is 9.97. The van der Waals surface area contributed by atoms with Crippen LogP contribution in [0.1, 0.15) is 157 Å². The summed E-state index contributed by atoms with van der Waals surface area (Å²) in [5, 5.41) is 71.5. The van der Waals surface area contributed by atoms with Crippen molar-refractivity contribution in [2.75, 3.05) is 61.8 Å². The summed E-state index contributed by atoms with van der Waals surface area (Å²) in [5.74, 6) is 2.42. The first-order chi connectivity index (χ1) is 61.6. The van der Waals surface area contributed by atoms with Crippen molar-refractivity contribution in [2.24, 2.45) is 35.0 Å². The molecule has 30 heteroatoms. The number of rotatable bonds is 30. The summed E-state index contributed by atoms with van der Waals surface area (Å²) in [6, 6.07) is 81.4. The monoisotopic (exact) mass is 1950 g/mol. The second-order valence-electron chi connectivity index (χ2n) is 30.8. The molecule has 25 nitrogen and oxygen atoms in total. The van der Waals surface area contributed by atoms with Crippen molar-refractivity contribution in [3.8, 4) is 34.3 Å². The summed E-state index contributed by atoms with van der Waals surface area (Å²) in [6.45, 7) is 26.3. The highest BCUT2D eigenvalue weighted by Gasteiger charge is 2.28. The molecular formula is C99H110BBr3ClN17O8. The number of anilines is 3. The highest BCUT2D eigenvalue weighted by molar-refractivity contribution is 9.69. The van der Waals surface area contributed by atoms with Gasteiger partial charge in [0, 0.05) is 56.4 Å². The molecule has 0 radical (unpaired) electrons. The molecule has 16 N–H and O–H groups in total. The Hall–Kier alpha value is -11.9. The molecule has 10 aromatic carbocycles. The lowest BCUT2D eigenvalue weighted by Gasteiger charge is -2.21. The van der Waals surface area contributed by atoms with E-state index >= 15 is 0 Å². The van der Waals surface area contributed by atoms with E-state index in [4.69, 9.17) is 40.2 Å². The first kappa shape index (κ1) is 101. The second kappa shape index (κ2) is 51.3. The van der Waals surface area contributed by atoms with Crippen molar-refractivity contribution in [1.29, 1.82) is 0 Å². The van der Waals surface area contributed by atoms with Gasteiger partial charge in [-0.25, -0.2) is 23.7 Å². The van der Waals surface area contributed by atoms with Crippen LogP contribution < -0.4 is 53.8 Å². The number of hydrogen-bond donors (Lipinski definition) is 13. The summed E-state index contributed by atoms with van der Waals surface area (Å²) in [5.41, 5.74) is 32.0. The van der Waals surface area contributed by atoms with Crippen LogP contribution in [0.25, 0.3) is 26.8 Å². The lowest BCUT2D eigenvalue weighted by molar-refractivity contribution is 0.101. The van der Waals surface area contributed by atoms with E-state index < -0.39 is 6.10 Å². The highest BCUT2D eigenvalue weighted by atomic mass is 79.9. The number of aryl methyl sites for hydroxylation is 3. The maximum atomic E-state index is 13.3. The van der Waals surface area contributed by atoms with Gasteiger partial charge in [-0.3, -0.25) is 14.4 Å². The molecule has 3 atom stereocenters. The first-order valence-electron chi connectivity index (χ1n) is 41.9. The molecule has 3 heterocycles. The number of nitrogens with two attached hydrogens (primary N) is 3. The SMILES string of the molecule is BrB(Br)Br.C.Cc1cc(C(=O)Nc2cccc(C(NCC3CC3)c3ccc(O)cc3)c2)n(-c2cccc(CN)c2)n1.Cl.NCCNCCN.OCC1CC1.[C-]#[N+]c1cccc(-n2nc(C)cc2C(=O)Nc2cccc(C(NCC3CC3)c3ccc(O)cc3)c2)c1.[C-]#[N+]c1cccc(-n2nc(C)cc2C(=O)Nc2cccc(C(O)c3ccc(OCc4ccccc4)cc3)c2)c1. The molecule has 3 unspecified atom stereocenters. The number of hydrogen-bond acceptors (Lipinski definition) is 17. The largest absolute Gasteiger partial charge is 0.508 e.